The van der Waals surface area contributed by atoms with Gasteiger partial charge in [-0.05, 0) is 20.8 Å². The molecule has 14 heavy (non-hydrogen) atoms. The SMILES string of the molecule is CCOC(C)CNS(=O)(=O)C(C)CO. The Labute approximate surface area is 85.5 Å². The average Bonchev–Trinajstić information content (AvgIpc) is 2.14. The minimum atomic E-state index is -3.40. The van der Waals surface area contributed by atoms with Crippen LogP contribution in [0.15, 0.2) is 0 Å². The highest BCUT2D eigenvalue weighted by atomic mass is 32.2. The van der Waals surface area contributed by atoms with Crippen molar-refractivity contribution in [2.75, 3.05) is 19.8 Å². The van der Waals surface area contributed by atoms with Gasteiger partial charge in [0.2, 0.25) is 10.0 Å². The molecule has 0 aliphatic rings. The Balaban J connectivity index is 4.00. The summed E-state index contributed by atoms with van der Waals surface area (Å²) in [4.78, 5) is 0. The minimum absolute atomic E-state index is 0.152. The van der Waals surface area contributed by atoms with Gasteiger partial charge in [-0.1, -0.05) is 0 Å². The quantitative estimate of drug-likeness (QED) is 0.624. The second-order valence-electron chi connectivity index (χ2n) is 3.15. The fraction of sp³-hybridized carbons (Fsp3) is 1.00. The van der Waals surface area contributed by atoms with Gasteiger partial charge in [0.15, 0.2) is 0 Å². The molecule has 6 heteroatoms. The van der Waals surface area contributed by atoms with Crippen LogP contribution in [0.1, 0.15) is 20.8 Å². The molecule has 0 radical (unpaired) electrons. The lowest BCUT2D eigenvalue weighted by Crippen LogP contribution is -2.38. The van der Waals surface area contributed by atoms with Crippen molar-refractivity contribution in [2.24, 2.45) is 0 Å². The smallest absolute Gasteiger partial charge is 0.216 e. The molecule has 0 fully saturated rings. The molecule has 0 bridgehead atoms. The largest absolute Gasteiger partial charge is 0.395 e. The molecule has 0 spiro atoms. The maximum atomic E-state index is 11.3. The van der Waals surface area contributed by atoms with Gasteiger partial charge in [0.05, 0.1) is 18.0 Å². The van der Waals surface area contributed by atoms with E-state index in [-0.39, 0.29) is 19.3 Å². The van der Waals surface area contributed by atoms with Crippen LogP contribution < -0.4 is 4.72 Å². The van der Waals surface area contributed by atoms with Crippen LogP contribution in [0.25, 0.3) is 0 Å². The Kier molecular flexibility index (Phi) is 6.26. The van der Waals surface area contributed by atoms with Crippen molar-refractivity contribution >= 4 is 10.0 Å². The summed E-state index contributed by atoms with van der Waals surface area (Å²) in [7, 11) is -3.40. The highest BCUT2D eigenvalue weighted by molar-refractivity contribution is 7.90. The Hall–Kier alpha value is -0.170. The molecule has 0 rings (SSSR count). The Bertz CT molecular complexity index is 240. The Morgan fingerprint density at radius 3 is 2.43 bits per heavy atom. The standard InChI is InChI=1S/C8H19NO4S/c1-4-13-7(2)5-9-14(11,12)8(3)6-10/h7-10H,4-6H2,1-3H3. The molecule has 0 aromatic rings. The summed E-state index contributed by atoms with van der Waals surface area (Å²) < 4.78 is 30.2. The molecule has 2 N–H and O–H groups in total. The van der Waals surface area contributed by atoms with E-state index in [1.165, 1.54) is 6.92 Å². The molecule has 0 aromatic carbocycles. The van der Waals surface area contributed by atoms with Gasteiger partial charge in [-0.2, -0.15) is 0 Å². The van der Waals surface area contributed by atoms with Crippen molar-refractivity contribution in [3.63, 3.8) is 0 Å². The van der Waals surface area contributed by atoms with E-state index in [0.717, 1.165) is 0 Å². The summed E-state index contributed by atoms with van der Waals surface area (Å²) in [5.41, 5.74) is 0. The first-order chi connectivity index (χ1) is 6.44. The monoisotopic (exact) mass is 225 g/mol. The molecule has 0 saturated carbocycles. The van der Waals surface area contributed by atoms with Gasteiger partial charge in [-0.3, -0.25) is 0 Å². The van der Waals surface area contributed by atoms with Crippen molar-refractivity contribution in [2.45, 2.75) is 32.1 Å². The lowest BCUT2D eigenvalue weighted by Gasteiger charge is -2.15. The molecule has 0 amide bonds. The zero-order valence-electron chi connectivity index (χ0n) is 8.86. The molecule has 0 aliphatic carbocycles. The van der Waals surface area contributed by atoms with Gasteiger partial charge in [0.1, 0.15) is 0 Å². The second-order valence-corrected chi connectivity index (χ2v) is 5.34. The van der Waals surface area contributed by atoms with Gasteiger partial charge in [-0.25, -0.2) is 13.1 Å². The van der Waals surface area contributed by atoms with Crippen molar-refractivity contribution < 1.29 is 18.3 Å². The third-order valence-electron chi connectivity index (χ3n) is 1.81. The number of aliphatic hydroxyl groups is 1. The lowest BCUT2D eigenvalue weighted by atomic mass is 10.4. The van der Waals surface area contributed by atoms with E-state index in [0.29, 0.717) is 6.61 Å². The van der Waals surface area contributed by atoms with E-state index in [4.69, 9.17) is 9.84 Å². The average molecular weight is 225 g/mol. The van der Waals surface area contributed by atoms with Crippen molar-refractivity contribution in [1.82, 2.24) is 4.72 Å². The van der Waals surface area contributed by atoms with E-state index in [1.54, 1.807) is 6.92 Å². The number of sulfonamides is 1. The van der Waals surface area contributed by atoms with Crippen LogP contribution in [0, 0.1) is 0 Å². The van der Waals surface area contributed by atoms with Gasteiger partial charge < -0.3 is 9.84 Å². The molecular formula is C8H19NO4S. The maximum Gasteiger partial charge on any atom is 0.216 e. The first-order valence-electron chi connectivity index (χ1n) is 4.65. The van der Waals surface area contributed by atoms with E-state index in [1.807, 2.05) is 6.92 Å². The molecule has 86 valence electrons. The first-order valence-corrected chi connectivity index (χ1v) is 6.19. The zero-order chi connectivity index (χ0) is 11.2. The van der Waals surface area contributed by atoms with Crippen molar-refractivity contribution in [3.8, 4) is 0 Å². The van der Waals surface area contributed by atoms with Crippen LogP contribution >= 0.6 is 0 Å². The number of hydrogen-bond donors (Lipinski definition) is 2. The third-order valence-corrected chi connectivity index (χ3v) is 3.59. The third kappa shape index (κ3) is 4.90. The number of aliphatic hydroxyl groups excluding tert-OH is 1. The van der Waals surface area contributed by atoms with Crippen LogP contribution in [0.5, 0.6) is 0 Å². The molecular weight excluding hydrogens is 206 g/mol. The summed E-state index contributed by atoms with van der Waals surface area (Å²) in [6, 6.07) is 0. The molecule has 2 unspecified atom stereocenters. The van der Waals surface area contributed by atoms with Crippen molar-refractivity contribution in [1.29, 1.82) is 0 Å². The predicted octanol–water partition coefficient (Wildman–Crippen LogP) is -0.288. The number of ether oxygens (including phenoxy) is 1. The van der Waals surface area contributed by atoms with Crippen LogP contribution in [0.3, 0.4) is 0 Å². The first kappa shape index (κ1) is 13.8. The van der Waals surface area contributed by atoms with E-state index in [9.17, 15) is 8.42 Å². The van der Waals surface area contributed by atoms with E-state index < -0.39 is 15.3 Å². The number of rotatable bonds is 7. The molecule has 0 aliphatic heterocycles. The molecule has 0 aromatic heterocycles. The Morgan fingerprint density at radius 1 is 1.43 bits per heavy atom. The van der Waals surface area contributed by atoms with Crippen LogP contribution in [0.4, 0.5) is 0 Å². The molecule has 2 atom stereocenters. The summed E-state index contributed by atoms with van der Waals surface area (Å²) >= 11 is 0. The molecule has 0 heterocycles. The summed E-state index contributed by atoms with van der Waals surface area (Å²) in [5, 5.41) is 7.91. The number of nitrogens with one attached hydrogen (secondary N) is 1. The van der Waals surface area contributed by atoms with Crippen LogP contribution in [-0.4, -0.2) is 44.6 Å². The molecule has 0 saturated heterocycles. The molecule has 5 nitrogen and oxygen atoms in total. The highest BCUT2D eigenvalue weighted by Crippen LogP contribution is 1.97. The van der Waals surface area contributed by atoms with Gasteiger partial charge in [0, 0.05) is 13.2 Å². The second kappa shape index (κ2) is 6.34. The van der Waals surface area contributed by atoms with E-state index >= 15 is 0 Å². The van der Waals surface area contributed by atoms with Crippen LogP contribution in [-0.2, 0) is 14.8 Å². The summed E-state index contributed by atoms with van der Waals surface area (Å²) in [6.07, 6.45) is -0.152. The van der Waals surface area contributed by atoms with Gasteiger partial charge in [-0.15, -0.1) is 0 Å². The summed E-state index contributed by atoms with van der Waals surface area (Å²) in [6.45, 7) is 5.50. The van der Waals surface area contributed by atoms with Gasteiger partial charge in [0.25, 0.3) is 0 Å². The number of hydrogen-bond acceptors (Lipinski definition) is 4. The topological polar surface area (TPSA) is 75.6 Å². The zero-order valence-corrected chi connectivity index (χ0v) is 9.67. The summed E-state index contributed by atoms with van der Waals surface area (Å²) in [5.74, 6) is 0. The minimum Gasteiger partial charge on any atom is -0.395 e. The lowest BCUT2D eigenvalue weighted by molar-refractivity contribution is 0.0799. The van der Waals surface area contributed by atoms with Crippen LogP contribution in [0.2, 0.25) is 0 Å². The fourth-order valence-electron chi connectivity index (χ4n) is 0.817. The Morgan fingerprint density at radius 2 is 2.00 bits per heavy atom. The normalized spacial score (nSPS) is 16.6. The fourth-order valence-corrected chi connectivity index (χ4v) is 1.77. The highest BCUT2D eigenvalue weighted by Gasteiger charge is 2.19. The van der Waals surface area contributed by atoms with Gasteiger partial charge >= 0.3 is 0 Å². The van der Waals surface area contributed by atoms with Crippen molar-refractivity contribution in [3.05, 3.63) is 0 Å². The predicted molar refractivity (Wildman–Crippen MR) is 54.6 cm³/mol. The maximum absolute atomic E-state index is 11.3. The van der Waals surface area contributed by atoms with E-state index in [2.05, 4.69) is 4.72 Å².